The van der Waals surface area contributed by atoms with Gasteiger partial charge in [0, 0.05) is 27.1 Å². The SMILES string of the molecule is OC1(c2c(Cl)cccc2Br)CC2CCC(C1)N2. The van der Waals surface area contributed by atoms with Gasteiger partial charge in [0.15, 0.2) is 0 Å². The number of benzene rings is 1. The van der Waals surface area contributed by atoms with Gasteiger partial charge >= 0.3 is 0 Å². The summed E-state index contributed by atoms with van der Waals surface area (Å²) >= 11 is 9.77. The predicted molar refractivity (Wildman–Crippen MR) is 72.2 cm³/mol. The van der Waals surface area contributed by atoms with Crippen LogP contribution in [0.2, 0.25) is 5.02 Å². The number of piperidine rings is 1. The number of aliphatic hydroxyl groups is 1. The maximum atomic E-state index is 10.9. The highest BCUT2D eigenvalue weighted by molar-refractivity contribution is 9.10. The van der Waals surface area contributed by atoms with E-state index in [1.165, 1.54) is 0 Å². The summed E-state index contributed by atoms with van der Waals surface area (Å²) < 4.78 is 0.911. The predicted octanol–water partition coefficient (Wildman–Crippen LogP) is 3.20. The Hall–Kier alpha value is -0.0900. The molecule has 0 amide bonds. The monoisotopic (exact) mass is 315 g/mol. The van der Waals surface area contributed by atoms with Crippen molar-refractivity contribution in [1.82, 2.24) is 5.32 Å². The number of nitrogens with one attached hydrogen (secondary N) is 1. The molecule has 1 aromatic rings. The first-order valence-electron chi connectivity index (χ1n) is 6.01. The van der Waals surface area contributed by atoms with Gasteiger partial charge in [0.05, 0.1) is 5.60 Å². The molecule has 1 aromatic carbocycles. The molecule has 0 spiro atoms. The van der Waals surface area contributed by atoms with E-state index in [9.17, 15) is 5.11 Å². The highest BCUT2D eigenvalue weighted by Gasteiger charge is 2.45. The molecule has 0 aliphatic carbocycles. The van der Waals surface area contributed by atoms with E-state index in [1.54, 1.807) is 0 Å². The Balaban J connectivity index is 2.02. The lowest BCUT2D eigenvalue weighted by Crippen LogP contribution is -2.47. The quantitative estimate of drug-likeness (QED) is 0.834. The smallest absolute Gasteiger partial charge is 0.0951 e. The molecule has 4 heteroatoms. The van der Waals surface area contributed by atoms with Crippen LogP contribution in [0.5, 0.6) is 0 Å². The van der Waals surface area contributed by atoms with Crippen LogP contribution in [0.3, 0.4) is 0 Å². The van der Waals surface area contributed by atoms with Crippen molar-refractivity contribution in [2.24, 2.45) is 0 Å². The topological polar surface area (TPSA) is 32.3 Å². The minimum Gasteiger partial charge on any atom is -0.385 e. The van der Waals surface area contributed by atoms with Crippen LogP contribution in [-0.2, 0) is 5.60 Å². The summed E-state index contributed by atoms with van der Waals surface area (Å²) in [6.45, 7) is 0. The molecule has 2 unspecified atom stereocenters. The van der Waals surface area contributed by atoms with Gasteiger partial charge in [-0.1, -0.05) is 33.6 Å². The standard InChI is InChI=1S/C13H15BrClNO/c14-10-2-1-3-11(15)12(10)13(17)6-8-4-5-9(7-13)16-8/h1-3,8-9,16-17H,4-7H2. The maximum Gasteiger partial charge on any atom is 0.0951 e. The Bertz CT molecular complexity index is 419. The summed E-state index contributed by atoms with van der Waals surface area (Å²) in [7, 11) is 0. The fraction of sp³-hybridized carbons (Fsp3) is 0.538. The third-order valence-electron chi connectivity index (χ3n) is 3.93. The Morgan fingerprint density at radius 3 is 2.53 bits per heavy atom. The van der Waals surface area contributed by atoms with E-state index in [0.29, 0.717) is 17.1 Å². The second kappa shape index (κ2) is 4.23. The lowest BCUT2D eigenvalue weighted by Gasteiger charge is -2.38. The molecule has 0 radical (unpaired) electrons. The molecule has 2 bridgehead atoms. The van der Waals surface area contributed by atoms with E-state index in [4.69, 9.17) is 11.6 Å². The molecular weight excluding hydrogens is 302 g/mol. The van der Waals surface area contributed by atoms with Crippen molar-refractivity contribution >= 4 is 27.5 Å². The fourth-order valence-corrected chi connectivity index (χ4v) is 4.47. The van der Waals surface area contributed by atoms with Crippen molar-refractivity contribution in [3.63, 3.8) is 0 Å². The number of hydrogen-bond donors (Lipinski definition) is 2. The average Bonchev–Trinajstić information content (AvgIpc) is 2.58. The maximum absolute atomic E-state index is 10.9. The molecule has 2 aliphatic rings. The first kappa shape index (κ1) is 12.0. The fourth-order valence-electron chi connectivity index (χ4n) is 3.27. The van der Waals surface area contributed by atoms with Crippen molar-refractivity contribution < 1.29 is 5.11 Å². The molecule has 17 heavy (non-hydrogen) atoms. The Morgan fingerprint density at radius 2 is 1.94 bits per heavy atom. The van der Waals surface area contributed by atoms with Crippen LogP contribution >= 0.6 is 27.5 Å². The number of halogens is 2. The van der Waals surface area contributed by atoms with Gasteiger partial charge in [0.25, 0.3) is 0 Å². The molecule has 2 saturated heterocycles. The van der Waals surface area contributed by atoms with Crippen molar-refractivity contribution in [2.75, 3.05) is 0 Å². The summed E-state index contributed by atoms with van der Waals surface area (Å²) in [5.74, 6) is 0. The highest BCUT2D eigenvalue weighted by Crippen LogP contribution is 2.45. The molecule has 2 atom stereocenters. The molecule has 2 aliphatic heterocycles. The zero-order valence-corrected chi connectivity index (χ0v) is 11.8. The van der Waals surface area contributed by atoms with Crippen LogP contribution in [0.25, 0.3) is 0 Å². The average molecular weight is 317 g/mol. The molecule has 0 saturated carbocycles. The van der Waals surface area contributed by atoms with Gasteiger partial charge in [-0.25, -0.2) is 0 Å². The molecule has 2 nitrogen and oxygen atoms in total. The molecule has 2 N–H and O–H groups in total. The number of hydrogen-bond acceptors (Lipinski definition) is 2. The summed E-state index contributed by atoms with van der Waals surface area (Å²) in [4.78, 5) is 0. The normalized spacial score (nSPS) is 36.2. The van der Waals surface area contributed by atoms with E-state index in [0.717, 1.165) is 35.7 Å². The summed E-state index contributed by atoms with van der Waals surface area (Å²) in [6, 6.07) is 6.56. The molecule has 3 rings (SSSR count). The zero-order valence-electron chi connectivity index (χ0n) is 9.42. The van der Waals surface area contributed by atoms with Gasteiger partial charge in [0.2, 0.25) is 0 Å². The summed E-state index contributed by atoms with van der Waals surface area (Å²) in [5, 5.41) is 15.1. The first-order chi connectivity index (χ1) is 8.08. The zero-order chi connectivity index (χ0) is 12.0. The molecule has 2 heterocycles. The van der Waals surface area contributed by atoms with E-state index in [-0.39, 0.29) is 0 Å². The van der Waals surface area contributed by atoms with Crippen LogP contribution in [0.15, 0.2) is 22.7 Å². The third-order valence-corrected chi connectivity index (χ3v) is 4.91. The van der Waals surface area contributed by atoms with Gasteiger partial charge in [0.1, 0.15) is 0 Å². The second-order valence-electron chi connectivity index (χ2n) is 5.17. The lowest BCUT2D eigenvalue weighted by molar-refractivity contribution is -0.0119. The van der Waals surface area contributed by atoms with Crippen LogP contribution in [-0.4, -0.2) is 17.2 Å². The van der Waals surface area contributed by atoms with Gasteiger partial charge in [-0.2, -0.15) is 0 Å². The minimum atomic E-state index is -0.783. The van der Waals surface area contributed by atoms with Crippen LogP contribution in [0.4, 0.5) is 0 Å². The van der Waals surface area contributed by atoms with E-state index >= 15 is 0 Å². The highest BCUT2D eigenvalue weighted by atomic mass is 79.9. The molecular formula is C13H15BrClNO. The minimum absolute atomic E-state index is 0.432. The van der Waals surface area contributed by atoms with Gasteiger partial charge in [-0.05, 0) is 37.8 Å². The van der Waals surface area contributed by atoms with Crippen molar-refractivity contribution in [3.8, 4) is 0 Å². The van der Waals surface area contributed by atoms with E-state index in [1.807, 2.05) is 18.2 Å². The van der Waals surface area contributed by atoms with Crippen LogP contribution in [0.1, 0.15) is 31.2 Å². The van der Waals surface area contributed by atoms with E-state index < -0.39 is 5.60 Å². The van der Waals surface area contributed by atoms with E-state index in [2.05, 4.69) is 21.2 Å². The largest absolute Gasteiger partial charge is 0.385 e. The number of fused-ring (bicyclic) bond motifs is 2. The van der Waals surface area contributed by atoms with Crippen molar-refractivity contribution in [1.29, 1.82) is 0 Å². The summed E-state index contributed by atoms with van der Waals surface area (Å²) in [5.41, 5.74) is 0.0777. The van der Waals surface area contributed by atoms with Crippen LogP contribution < -0.4 is 5.32 Å². The first-order valence-corrected chi connectivity index (χ1v) is 7.18. The second-order valence-corrected chi connectivity index (χ2v) is 6.44. The van der Waals surface area contributed by atoms with Crippen molar-refractivity contribution in [2.45, 2.75) is 43.4 Å². The lowest BCUT2D eigenvalue weighted by atomic mass is 9.81. The molecule has 2 fully saturated rings. The van der Waals surface area contributed by atoms with Gasteiger partial charge in [-0.15, -0.1) is 0 Å². The van der Waals surface area contributed by atoms with Crippen molar-refractivity contribution in [3.05, 3.63) is 33.3 Å². The van der Waals surface area contributed by atoms with Gasteiger partial charge in [-0.3, -0.25) is 0 Å². The molecule has 92 valence electrons. The van der Waals surface area contributed by atoms with Gasteiger partial charge < -0.3 is 10.4 Å². The third kappa shape index (κ3) is 2.03. The number of rotatable bonds is 1. The Kier molecular flexibility index (Phi) is 2.98. The Morgan fingerprint density at radius 1 is 1.29 bits per heavy atom. The van der Waals surface area contributed by atoms with Crippen LogP contribution in [0, 0.1) is 0 Å². The summed E-state index contributed by atoms with van der Waals surface area (Å²) in [6.07, 6.45) is 3.84. The Labute approximate surface area is 114 Å². The molecule has 0 aromatic heterocycles.